The number of nitrogens with one attached hydrogen (secondary N) is 2. The number of anilines is 1. The molecule has 3 aromatic rings. The van der Waals surface area contributed by atoms with Gasteiger partial charge in [-0.1, -0.05) is 30.3 Å². The highest BCUT2D eigenvalue weighted by Gasteiger charge is 2.36. The van der Waals surface area contributed by atoms with Gasteiger partial charge in [-0.25, -0.2) is 0 Å². The third kappa shape index (κ3) is 3.97. The van der Waals surface area contributed by atoms with Crippen LogP contribution in [0.5, 0.6) is 5.75 Å². The molecule has 4 rings (SSSR count). The minimum Gasteiger partial charge on any atom is -0.492 e. The molecule has 1 aliphatic heterocycles. The zero-order valence-electron chi connectivity index (χ0n) is 16.5. The summed E-state index contributed by atoms with van der Waals surface area (Å²) in [4.78, 5) is 30.1. The normalized spacial score (nSPS) is 16.4. The van der Waals surface area contributed by atoms with Gasteiger partial charge in [-0.2, -0.15) is 0 Å². The Hall–Kier alpha value is -3.28. The fraction of sp³-hybridized carbons (Fsp3) is 0.304. The van der Waals surface area contributed by atoms with Crippen LogP contribution in [0.25, 0.3) is 10.9 Å². The van der Waals surface area contributed by atoms with Crippen molar-refractivity contribution in [3.05, 3.63) is 60.3 Å². The number of rotatable bonds is 7. The molecule has 1 unspecified atom stereocenters. The van der Waals surface area contributed by atoms with Gasteiger partial charge in [0, 0.05) is 36.6 Å². The Kier molecular flexibility index (Phi) is 5.51. The summed E-state index contributed by atoms with van der Waals surface area (Å²) in [5.74, 6) is 0.201. The molecule has 0 radical (unpaired) electrons. The molecule has 1 atom stereocenters. The van der Waals surface area contributed by atoms with Crippen molar-refractivity contribution in [2.24, 2.45) is 5.92 Å². The van der Waals surface area contributed by atoms with E-state index >= 15 is 0 Å². The highest BCUT2D eigenvalue weighted by molar-refractivity contribution is 6.01. The maximum Gasteiger partial charge on any atom is 0.227 e. The SMILES string of the molecule is CCOc1ccccc1N1CC(C(=O)NCCc2c[nH]c3ccccc23)CC1=O. The van der Waals surface area contributed by atoms with E-state index < -0.39 is 0 Å². The standard InChI is InChI=1S/C23H25N3O3/c1-2-29-21-10-6-5-9-20(21)26-15-17(13-22(26)27)23(28)24-12-11-16-14-25-19-8-4-3-7-18(16)19/h3-10,14,17,25H,2,11-13,15H2,1H3,(H,24,28). The van der Waals surface area contributed by atoms with Crippen molar-refractivity contribution >= 4 is 28.4 Å². The number of H-pyrrole nitrogens is 1. The highest BCUT2D eigenvalue weighted by atomic mass is 16.5. The van der Waals surface area contributed by atoms with E-state index in [1.165, 1.54) is 10.9 Å². The number of aromatic amines is 1. The summed E-state index contributed by atoms with van der Waals surface area (Å²) in [7, 11) is 0. The largest absolute Gasteiger partial charge is 0.492 e. The molecule has 29 heavy (non-hydrogen) atoms. The summed E-state index contributed by atoms with van der Waals surface area (Å²) in [6.07, 6.45) is 2.95. The van der Waals surface area contributed by atoms with Gasteiger partial charge in [-0.15, -0.1) is 0 Å². The molecule has 2 heterocycles. The molecule has 0 spiro atoms. The van der Waals surface area contributed by atoms with Gasteiger partial charge in [0.2, 0.25) is 11.8 Å². The van der Waals surface area contributed by atoms with E-state index in [9.17, 15) is 9.59 Å². The van der Waals surface area contributed by atoms with Crippen LogP contribution < -0.4 is 15.0 Å². The van der Waals surface area contributed by atoms with E-state index in [0.717, 1.165) is 17.6 Å². The first-order chi connectivity index (χ1) is 14.2. The third-order valence-electron chi connectivity index (χ3n) is 5.32. The molecule has 6 heteroatoms. The number of ether oxygens (including phenoxy) is 1. The summed E-state index contributed by atoms with van der Waals surface area (Å²) in [5.41, 5.74) is 3.00. The van der Waals surface area contributed by atoms with Crippen LogP contribution in [0.1, 0.15) is 18.9 Å². The third-order valence-corrected chi connectivity index (χ3v) is 5.32. The number of benzene rings is 2. The van der Waals surface area contributed by atoms with E-state index in [-0.39, 0.29) is 24.2 Å². The lowest BCUT2D eigenvalue weighted by atomic mass is 10.1. The quantitative estimate of drug-likeness (QED) is 0.649. The van der Waals surface area contributed by atoms with Gasteiger partial charge in [-0.05, 0) is 37.1 Å². The number of aromatic nitrogens is 1. The van der Waals surface area contributed by atoms with Gasteiger partial charge < -0.3 is 19.9 Å². The molecule has 1 aromatic heterocycles. The molecular formula is C23H25N3O3. The Balaban J connectivity index is 1.36. The molecular weight excluding hydrogens is 366 g/mol. The molecule has 2 N–H and O–H groups in total. The van der Waals surface area contributed by atoms with Gasteiger partial charge in [0.15, 0.2) is 0 Å². The zero-order valence-corrected chi connectivity index (χ0v) is 16.5. The Morgan fingerprint density at radius 2 is 2.00 bits per heavy atom. The maximum atomic E-state index is 12.6. The number of nitrogens with zero attached hydrogens (tertiary/aromatic N) is 1. The van der Waals surface area contributed by atoms with Crippen molar-refractivity contribution in [1.82, 2.24) is 10.3 Å². The summed E-state index contributed by atoms with van der Waals surface area (Å²) < 4.78 is 5.64. The van der Waals surface area contributed by atoms with Crippen molar-refractivity contribution in [3.63, 3.8) is 0 Å². The molecule has 0 aliphatic carbocycles. The smallest absolute Gasteiger partial charge is 0.227 e. The van der Waals surface area contributed by atoms with Crippen LogP contribution in [0.2, 0.25) is 0 Å². The van der Waals surface area contributed by atoms with Crippen molar-refractivity contribution < 1.29 is 14.3 Å². The molecule has 0 saturated carbocycles. The molecule has 0 bridgehead atoms. The molecule has 150 valence electrons. The fourth-order valence-electron chi connectivity index (χ4n) is 3.88. The van der Waals surface area contributed by atoms with Crippen molar-refractivity contribution in [2.75, 3.05) is 24.6 Å². The average Bonchev–Trinajstić information content (AvgIpc) is 3.32. The number of para-hydroxylation sites is 3. The molecule has 6 nitrogen and oxygen atoms in total. The topological polar surface area (TPSA) is 74.4 Å². The summed E-state index contributed by atoms with van der Waals surface area (Å²) in [6, 6.07) is 15.6. The monoisotopic (exact) mass is 391 g/mol. The van der Waals surface area contributed by atoms with Crippen LogP contribution in [-0.2, 0) is 16.0 Å². The summed E-state index contributed by atoms with van der Waals surface area (Å²) in [5, 5.41) is 4.17. The van der Waals surface area contributed by atoms with E-state index in [1.807, 2.05) is 55.6 Å². The minimum atomic E-state index is -0.347. The predicted molar refractivity (Wildman–Crippen MR) is 113 cm³/mol. The number of carbonyl (C=O) groups is 2. The molecule has 1 aliphatic rings. The first-order valence-corrected chi connectivity index (χ1v) is 10.0. The second kappa shape index (κ2) is 8.39. The molecule has 2 amide bonds. The van der Waals surface area contributed by atoms with Crippen molar-refractivity contribution in [1.29, 1.82) is 0 Å². The lowest BCUT2D eigenvalue weighted by Crippen LogP contribution is -2.34. The van der Waals surface area contributed by atoms with Gasteiger partial charge in [0.25, 0.3) is 0 Å². The minimum absolute atomic E-state index is 0.0473. The summed E-state index contributed by atoms with van der Waals surface area (Å²) >= 11 is 0. The van der Waals surface area contributed by atoms with Gasteiger partial charge in [-0.3, -0.25) is 9.59 Å². The van der Waals surface area contributed by atoms with Crippen LogP contribution in [0.3, 0.4) is 0 Å². The fourth-order valence-corrected chi connectivity index (χ4v) is 3.88. The van der Waals surface area contributed by atoms with Gasteiger partial charge >= 0.3 is 0 Å². The first-order valence-electron chi connectivity index (χ1n) is 10.0. The van der Waals surface area contributed by atoms with E-state index in [1.54, 1.807) is 4.90 Å². The maximum absolute atomic E-state index is 12.6. The predicted octanol–water partition coefficient (Wildman–Crippen LogP) is 3.28. The van der Waals surface area contributed by atoms with Crippen LogP contribution >= 0.6 is 0 Å². The Labute approximate surface area is 169 Å². The first kappa shape index (κ1) is 19.1. The van der Waals surface area contributed by atoms with Crippen LogP contribution in [0, 0.1) is 5.92 Å². The van der Waals surface area contributed by atoms with Crippen molar-refractivity contribution in [3.8, 4) is 5.75 Å². The number of amides is 2. The Morgan fingerprint density at radius 3 is 2.86 bits per heavy atom. The van der Waals surface area contributed by atoms with Gasteiger partial charge in [0.1, 0.15) is 5.75 Å². The van der Waals surface area contributed by atoms with Crippen LogP contribution in [0.4, 0.5) is 5.69 Å². The number of hydrogen-bond acceptors (Lipinski definition) is 3. The number of fused-ring (bicyclic) bond motifs is 1. The molecule has 1 fully saturated rings. The lowest BCUT2D eigenvalue weighted by molar-refractivity contribution is -0.126. The molecule has 1 saturated heterocycles. The molecule has 2 aromatic carbocycles. The van der Waals surface area contributed by atoms with Crippen LogP contribution in [-0.4, -0.2) is 36.5 Å². The highest BCUT2D eigenvalue weighted by Crippen LogP contribution is 2.33. The summed E-state index contributed by atoms with van der Waals surface area (Å²) in [6.45, 7) is 3.35. The van der Waals surface area contributed by atoms with E-state index in [2.05, 4.69) is 16.4 Å². The Bertz CT molecular complexity index is 1030. The van der Waals surface area contributed by atoms with Gasteiger partial charge in [0.05, 0.1) is 18.2 Å². The lowest BCUT2D eigenvalue weighted by Gasteiger charge is -2.20. The Morgan fingerprint density at radius 1 is 1.21 bits per heavy atom. The average molecular weight is 391 g/mol. The van der Waals surface area contributed by atoms with E-state index in [4.69, 9.17) is 4.74 Å². The number of carbonyl (C=O) groups excluding carboxylic acids is 2. The van der Waals surface area contributed by atoms with Crippen LogP contribution in [0.15, 0.2) is 54.7 Å². The number of hydrogen-bond donors (Lipinski definition) is 2. The second-order valence-corrected chi connectivity index (χ2v) is 7.21. The van der Waals surface area contributed by atoms with Crippen molar-refractivity contribution in [2.45, 2.75) is 19.8 Å². The second-order valence-electron chi connectivity index (χ2n) is 7.21. The zero-order chi connectivity index (χ0) is 20.2. The van der Waals surface area contributed by atoms with E-state index in [0.29, 0.717) is 25.4 Å².